The first-order valence-corrected chi connectivity index (χ1v) is 14.1. The zero-order chi connectivity index (χ0) is 27.0. The number of benzene rings is 3. The van der Waals surface area contributed by atoms with Crippen LogP contribution in [0.5, 0.6) is 0 Å². The van der Waals surface area contributed by atoms with E-state index >= 15 is 0 Å². The number of hydrogen-bond acceptors (Lipinski definition) is 3. The molecule has 3 nitrogen and oxygen atoms in total. The molecule has 0 bridgehead atoms. The van der Waals surface area contributed by atoms with Crippen molar-refractivity contribution in [3.8, 4) is 11.1 Å². The van der Waals surface area contributed by atoms with E-state index in [0.29, 0.717) is 5.92 Å². The molecule has 39 heavy (non-hydrogen) atoms. The van der Waals surface area contributed by atoms with Gasteiger partial charge in [-0.15, -0.1) is 0 Å². The van der Waals surface area contributed by atoms with Crippen molar-refractivity contribution in [3.05, 3.63) is 126 Å². The number of aromatic nitrogens is 1. The highest BCUT2D eigenvalue weighted by Gasteiger charge is 2.22. The average molecular weight is 514 g/mol. The van der Waals surface area contributed by atoms with Gasteiger partial charge >= 0.3 is 0 Å². The lowest BCUT2D eigenvalue weighted by Crippen LogP contribution is -2.27. The van der Waals surface area contributed by atoms with Crippen LogP contribution in [0.1, 0.15) is 48.9 Å². The van der Waals surface area contributed by atoms with E-state index in [-0.39, 0.29) is 0 Å². The Kier molecular flexibility index (Phi) is 8.58. The van der Waals surface area contributed by atoms with E-state index in [1.807, 2.05) is 24.4 Å². The summed E-state index contributed by atoms with van der Waals surface area (Å²) in [7, 11) is 4.15. The standard InChI is InChI=1S/C36H39N3/c1-28(31-11-5-4-6-12-31)39(36-14-9-10-29(26-36)17-22-34-13-7-8-25-37-34)27-30-15-18-32(19-16-30)33-20-23-35(24-21-33)38(2)3/h7-10,13-26,31H,1,4-6,11-12,27H2,2-3H3/b22-17+. The van der Waals surface area contributed by atoms with Crippen LogP contribution in [0.3, 0.4) is 0 Å². The molecule has 1 saturated carbocycles. The number of hydrogen-bond donors (Lipinski definition) is 0. The van der Waals surface area contributed by atoms with Gasteiger partial charge in [-0.05, 0) is 83.5 Å². The summed E-state index contributed by atoms with van der Waals surface area (Å²) in [6.45, 7) is 5.46. The molecule has 1 fully saturated rings. The molecule has 0 N–H and O–H groups in total. The minimum absolute atomic E-state index is 0.543. The first-order valence-electron chi connectivity index (χ1n) is 14.1. The summed E-state index contributed by atoms with van der Waals surface area (Å²) < 4.78 is 0. The van der Waals surface area contributed by atoms with Crippen molar-refractivity contribution in [2.24, 2.45) is 5.92 Å². The lowest BCUT2D eigenvalue weighted by molar-refractivity contribution is 0.396. The molecule has 0 amide bonds. The maximum atomic E-state index is 4.66. The molecule has 0 atom stereocenters. The molecule has 5 rings (SSSR count). The molecule has 0 saturated heterocycles. The molecule has 3 heteroatoms. The molecule has 1 heterocycles. The van der Waals surface area contributed by atoms with Gasteiger partial charge in [0.15, 0.2) is 0 Å². The lowest BCUT2D eigenvalue weighted by atomic mass is 9.86. The van der Waals surface area contributed by atoms with Crippen molar-refractivity contribution in [2.75, 3.05) is 23.9 Å². The van der Waals surface area contributed by atoms with Gasteiger partial charge in [0, 0.05) is 43.9 Å². The Bertz CT molecular complexity index is 1380. The minimum atomic E-state index is 0.543. The van der Waals surface area contributed by atoms with E-state index in [1.165, 1.54) is 65.9 Å². The predicted octanol–water partition coefficient (Wildman–Crippen LogP) is 9.09. The lowest BCUT2D eigenvalue weighted by Gasteiger charge is -2.34. The van der Waals surface area contributed by atoms with E-state index < -0.39 is 0 Å². The zero-order valence-corrected chi connectivity index (χ0v) is 23.3. The fraction of sp³-hybridized carbons (Fsp3) is 0.250. The molecule has 0 radical (unpaired) electrons. The second-order valence-corrected chi connectivity index (χ2v) is 10.7. The molecular formula is C36H39N3. The number of allylic oxidation sites excluding steroid dienone is 1. The second-order valence-electron chi connectivity index (χ2n) is 10.7. The number of nitrogens with zero attached hydrogens (tertiary/aromatic N) is 3. The summed E-state index contributed by atoms with van der Waals surface area (Å²) in [6, 6.07) is 32.5. The van der Waals surface area contributed by atoms with Crippen LogP contribution < -0.4 is 9.80 Å². The molecule has 0 aliphatic heterocycles. The molecule has 198 valence electrons. The summed E-state index contributed by atoms with van der Waals surface area (Å²) in [6.07, 6.45) is 12.4. The van der Waals surface area contributed by atoms with Crippen LogP contribution in [0.2, 0.25) is 0 Å². The molecular weight excluding hydrogens is 474 g/mol. The quantitative estimate of drug-likeness (QED) is 0.222. The van der Waals surface area contributed by atoms with Crippen LogP contribution in [-0.2, 0) is 6.54 Å². The van der Waals surface area contributed by atoms with Crippen molar-refractivity contribution in [3.63, 3.8) is 0 Å². The highest BCUT2D eigenvalue weighted by atomic mass is 15.1. The number of anilines is 2. The van der Waals surface area contributed by atoms with Gasteiger partial charge in [0.2, 0.25) is 0 Å². The van der Waals surface area contributed by atoms with Gasteiger partial charge in [-0.1, -0.05) is 86.5 Å². The summed E-state index contributed by atoms with van der Waals surface area (Å²) >= 11 is 0. The van der Waals surface area contributed by atoms with Gasteiger partial charge in [0.1, 0.15) is 0 Å². The van der Waals surface area contributed by atoms with Crippen molar-refractivity contribution in [2.45, 2.75) is 38.6 Å². The van der Waals surface area contributed by atoms with Crippen LogP contribution >= 0.6 is 0 Å². The van der Waals surface area contributed by atoms with E-state index in [0.717, 1.165) is 17.8 Å². The number of rotatable bonds is 9. The predicted molar refractivity (Wildman–Crippen MR) is 168 cm³/mol. The van der Waals surface area contributed by atoms with E-state index in [1.54, 1.807) is 0 Å². The Hall–Kier alpha value is -4.11. The topological polar surface area (TPSA) is 19.4 Å². The summed E-state index contributed by atoms with van der Waals surface area (Å²) in [5.41, 5.74) is 9.53. The normalized spacial score (nSPS) is 13.9. The van der Waals surface area contributed by atoms with Gasteiger partial charge < -0.3 is 9.80 Å². The average Bonchev–Trinajstić information content (AvgIpc) is 3.00. The van der Waals surface area contributed by atoms with Crippen molar-refractivity contribution < 1.29 is 0 Å². The van der Waals surface area contributed by atoms with E-state index in [2.05, 4.69) is 120 Å². The Balaban J connectivity index is 1.39. The van der Waals surface area contributed by atoms with Crippen LogP contribution in [0.15, 0.2) is 109 Å². The summed E-state index contributed by atoms with van der Waals surface area (Å²) in [5, 5.41) is 0. The molecule has 3 aromatic carbocycles. The maximum Gasteiger partial charge on any atom is 0.0629 e. The molecule has 0 spiro atoms. The minimum Gasteiger partial charge on any atom is -0.378 e. The second kappa shape index (κ2) is 12.6. The Morgan fingerprint density at radius 3 is 2.18 bits per heavy atom. The largest absolute Gasteiger partial charge is 0.378 e. The van der Waals surface area contributed by atoms with E-state index in [9.17, 15) is 0 Å². The molecule has 1 aromatic heterocycles. The summed E-state index contributed by atoms with van der Waals surface area (Å²) in [4.78, 5) is 8.99. The van der Waals surface area contributed by atoms with Crippen LogP contribution in [0, 0.1) is 5.92 Å². The Morgan fingerprint density at radius 2 is 1.51 bits per heavy atom. The third-order valence-electron chi connectivity index (χ3n) is 7.75. The smallest absolute Gasteiger partial charge is 0.0629 e. The SMILES string of the molecule is C=C(C1CCCCC1)N(Cc1ccc(-c2ccc(N(C)C)cc2)cc1)c1cccc(/C=C/c2ccccn2)c1. The fourth-order valence-electron chi connectivity index (χ4n) is 5.40. The first-order chi connectivity index (χ1) is 19.1. The van der Waals surface area contributed by atoms with Gasteiger partial charge in [0.25, 0.3) is 0 Å². The van der Waals surface area contributed by atoms with Gasteiger partial charge in [-0.3, -0.25) is 4.98 Å². The fourth-order valence-corrected chi connectivity index (χ4v) is 5.40. The Labute approximate surface area is 234 Å². The van der Waals surface area contributed by atoms with Gasteiger partial charge in [-0.25, -0.2) is 0 Å². The zero-order valence-electron chi connectivity index (χ0n) is 23.3. The monoisotopic (exact) mass is 513 g/mol. The van der Waals surface area contributed by atoms with Crippen LogP contribution in [-0.4, -0.2) is 19.1 Å². The first kappa shape index (κ1) is 26.5. The molecule has 0 unspecified atom stereocenters. The molecule has 1 aliphatic rings. The van der Waals surface area contributed by atoms with Crippen LogP contribution in [0.4, 0.5) is 11.4 Å². The highest BCUT2D eigenvalue weighted by Crippen LogP contribution is 2.35. The van der Waals surface area contributed by atoms with E-state index in [4.69, 9.17) is 0 Å². The molecule has 1 aliphatic carbocycles. The highest BCUT2D eigenvalue weighted by molar-refractivity contribution is 5.71. The van der Waals surface area contributed by atoms with Crippen molar-refractivity contribution in [1.29, 1.82) is 0 Å². The van der Waals surface area contributed by atoms with Gasteiger partial charge in [-0.2, -0.15) is 0 Å². The third-order valence-corrected chi connectivity index (χ3v) is 7.75. The van der Waals surface area contributed by atoms with Crippen molar-refractivity contribution >= 4 is 23.5 Å². The summed E-state index contributed by atoms with van der Waals surface area (Å²) in [5.74, 6) is 0.543. The third kappa shape index (κ3) is 6.86. The molecule has 4 aromatic rings. The Morgan fingerprint density at radius 1 is 0.795 bits per heavy atom. The van der Waals surface area contributed by atoms with Gasteiger partial charge in [0.05, 0.1) is 5.69 Å². The van der Waals surface area contributed by atoms with Crippen molar-refractivity contribution in [1.82, 2.24) is 4.98 Å². The van der Waals surface area contributed by atoms with Crippen LogP contribution in [0.25, 0.3) is 23.3 Å². The maximum absolute atomic E-state index is 4.66. The number of pyridine rings is 1.